The number of carbonyl (C=O) groups excluding carboxylic acids is 1. The van der Waals surface area contributed by atoms with Crippen LogP contribution in [0.1, 0.15) is 16.7 Å². The number of anilines is 1. The largest absolute Gasteiger partial charge is 0.282 e. The smallest absolute Gasteiger partial charge is 0.266 e. The molecule has 1 aliphatic heterocycles. The maximum atomic E-state index is 13.2. The van der Waals surface area contributed by atoms with E-state index in [0.29, 0.717) is 16.6 Å². The van der Waals surface area contributed by atoms with Gasteiger partial charge in [0.25, 0.3) is 5.91 Å². The third kappa shape index (κ3) is 3.42. The van der Waals surface area contributed by atoms with Crippen LogP contribution in [0.5, 0.6) is 0 Å². The van der Waals surface area contributed by atoms with Gasteiger partial charge in [0.1, 0.15) is 11.5 Å². The van der Waals surface area contributed by atoms with Crippen molar-refractivity contribution in [3.05, 3.63) is 106 Å². The van der Waals surface area contributed by atoms with Crippen molar-refractivity contribution in [3.8, 4) is 0 Å². The molecule has 0 aromatic heterocycles. The van der Waals surface area contributed by atoms with Crippen molar-refractivity contribution < 1.29 is 4.79 Å². The minimum atomic E-state index is -0.150. The second-order valence-corrected chi connectivity index (χ2v) is 6.75. The molecule has 1 aliphatic rings. The number of hydrogen-bond donors (Lipinski definition) is 0. The minimum absolute atomic E-state index is 0.150. The third-order valence-electron chi connectivity index (χ3n) is 4.40. The average molecular weight is 373 g/mol. The van der Waals surface area contributed by atoms with E-state index in [0.717, 1.165) is 22.4 Å². The molecule has 0 aliphatic carbocycles. The molecular weight excluding hydrogens is 356 g/mol. The summed E-state index contributed by atoms with van der Waals surface area (Å²) in [5.41, 5.74) is 3.93. The summed E-state index contributed by atoms with van der Waals surface area (Å²) in [7, 11) is 0. The molecule has 0 radical (unpaired) electrons. The van der Waals surface area contributed by atoms with E-state index in [4.69, 9.17) is 11.6 Å². The van der Waals surface area contributed by atoms with E-state index >= 15 is 0 Å². The zero-order chi connectivity index (χ0) is 18.8. The van der Waals surface area contributed by atoms with Crippen molar-refractivity contribution in [2.45, 2.75) is 6.92 Å². The van der Waals surface area contributed by atoms with Crippen molar-refractivity contribution in [2.75, 3.05) is 4.90 Å². The molecule has 1 heterocycles. The zero-order valence-corrected chi connectivity index (χ0v) is 15.5. The molecular formula is C23H17ClN2O. The first kappa shape index (κ1) is 17.3. The molecule has 0 fully saturated rings. The standard InChI is InChI=1S/C23H17ClN2O/c1-16-14-19(24)12-13-21(16)26-22(18-10-6-3-7-11-18)25-20(23(26)27)15-17-8-4-2-5-9-17/h2-15H,1H3/b20-15+. The van der Waals surface area contributed by atoms with Gasteiger partial charge in [0.2, 0.25) is 0 Å². The van der Waals surface area contributed by atoms with Gasteiger partial charge in [-0.2, -0.15) is 0 Å². The Bertz CT molecular complexity index is 1060. The summed E-state index contributed by atoms with van der Waals surface area (Å²) in [6.07, 6.45) is 1.82. The number of amides is 1. The van der Waals surface area contributed by atoms with Crippen LogP contribution in [0.25, 0.3) is 6.08 Å². The Morgan fingerprint density at radius 2 is 1.59 bits per heavy atom. The summed E-state index contributed by atoms with van der Waals surface area (Å²) in [5.74, 6) is 0.469. The number of halogens is 1. The van der Waals surface area contributed by atoms with E-state index in [1.165, 1.54) is 0 Å². The Kier molecular flexibility index (Phi) is 4.61. The molecule has 27 heavy (non-hydrogen) atoms. The molecule has 3 aromatic rings. The Morgan fingerprint density at radius 3 is 2.26 bits per heavy atom. The molecule has 3 nitrogen and oxygen atoms in total. The van der Waals surface area contributed by atoms with Crippen LogP contribution >= 0.6 is 11.6 Å². The molecule has 132 valence electrons. The number of rotatable bonds is 3. The summed E-state index contributed by atoms with van der Waals surface area (Å²) in [5, 5.41) is 0.640. The number of aryl methyl sites for hydroxylation is 1. The van der Waals surface area contributed by atoms with E-state index in [2.05, 4.69) is 4.99 Å². The van der Waals surface area contributed by atoms with Crippen molar-refractivity contribution in [2.24, 2.45) is 4.99 Å². The van der Waals surface area contributed by atoms with E-state index in [9.17, 15) is 4.79 Å². The predicted molar refractivity (Wildman–Crippen MR) is 111 cm³/mol. The topological polar surface area (TPSA) is 32.7 Å². The lowest BCUT2D eigenvalue weighted by Crippen LogP contribution is -2.33. The SMILES string of the molecule is Cc1cc(Cl)ccc1N1C(=O)/C(=C\c2ccccc2)N=C1c1ccccc1. The van der Waals surface area contributed by atoms with Gasteiger partial charge in [0, 0.05) is 10.6 Å². The highest BCUT2D eigenvalue weighted by Crippen LogP contribution is 2.31. The Labute approximate surface area is 163 Å². The fraction of sp³-hybridized carbons (Fsp3) is 0.0435. The fourth-order valence-electron chi connectivity index (χ4n) is 3.10. The highest BCUT2D eigenvalue weighted by molar-refractivity contribution is 6.34. The first-order valence-electron chi connectivity index (χ1n) is 8.65. The molecule has 0 bridgehead atoms. The molecule has 1 amide bonds. The van der Waals surface area contributed by atoms with E-state index < -0.39 is 0 Å². The number of nitrogens with zero attached hydrogens (tertiary/aromatic N) is 2. The number of carbonyl (C=O) groups is 1. The Hall–Kier alpha value is -3.17. The van der Waals surface area contributed by atoms with Gasteiger partial charge in [0.05, 0.1) is 5.69 Å². The zero-order valence-electron chi connectivity index (χ0n) is 14.8. The van der Waals surface area contributed by atoms with Gasteiger partial charge in [-0.15, -0.1) is 0 Å². The molecule has 0 N–H and O–H groups in total. The number of hydrogen-bond acceptors (Lipinski definition) is 2. The van der Waals surface area contributed by atoms with Gasteiger partial charge >= 0.3 is 0 Å². The summed E-state index contributed by atoms with van der Waals surface area (Å²) < 4.78 is 0. The number of benzene rings is 3. The van der Waals surface area contributed by atoms with E-state index in [1.807, 2.05) is 85.8 Å². The van der Waals surface area contributed by atoms with Gasteiger partial charge < -0.3 is 0 Å². The van der Waals surface area contributed by atoms with Crippen LogP contribution in [0.3, 0.4) is 0 Å². The lowest BCUT2D eigenvalue weighted by Gasteiger charge is -2.20. The van der Waals surface area contributed by atoms with Gasteiger partial charge in [-0.3, -0.25) is 9.69 Å². The maximum absolute atomic E-state index is 13.2. The second kappa shape index (κ2) is 7.22. The first-order valence-corrected chi connectivity index (χ1v) is 9.03. The van der Waals surface area contributed by atoms with Crippen molar-refractivity contribution in [1.29, 1.82) is 0 Å². The van der Waals surface area contributed by atoms with Crippen LogP contribution in [0, 0.1) is 6.92 Å². The van der Waals surface area contributed by atoms with Crippen molar-refractivity contribution in [3.63, 3.8) is 0 Å². The molecule has 0 unspecified atom stereocenters. The van der Waals surface area contributed by atoms with Crippen LogP contribution in [0.15, 0.2) is 89.6 Å². The van der Waals surface area contributed by atoms with Crippen LogP contribution in [-0.2, 0) is 4.79 Å². The van der Waals surface area contributed by atoms with Crippen LogP contribution in [0.2, 0.25) is 5.02 Å². The van der Waals surface area contributed by atoms with Crippen molar-refractivity contribution >= 4 is 35.1 Å². The van der Waals surface area contributed by atoms with E-state index in [1.54, 1.807) is 11.0 Å². The molecule has 4 rings (SSSR count). The lowest BCUT2D eigenvalue weighted by molar-refractivity contribution is -0.113. The highest BCUT2D eigenvalue weighted by atomic mass is 35.5. The Balaban J connectivity index is 1.85. The Morgan fingerprint density at radius 1 is 0.926 bits per heavy atom. The normalized spacial score (nSPS) is 15.3. The van der Waals surface area contributed by atoms with Gasteiger partial charge in [-0.25, -0.2) is 4.99 Å². The summed E-state index contributed by atoms with van der Waals surface area (Å²) in [6, 6.07) is 25.0. The summed E-state index contributed by atoms with van der Waals surface area (Å²) in [6.45, 7) is 1.94. The van der Waals surface area contributed by atoms with Gasteiger partial charge in [-0.05, 0) is 42.3 Å². The number of aliphatic imine (C=N–C) groups is 1. The molecule has 0 spiro atoms. The molecule has 0 saturated heterocycles. The summed E-state index contributed by atoms with van der Waals surface area (Å²) in [4.78, 5) is 19.6. The van der Waals surface area contributed by atoms with Crippen LogP contribution in [0.4, 0.5) is 5.69 Å². The maximum Gasteiger partial charge on any atom is 0.282 e. The fourth-order valence-corrected chi connectivity index (χ4v) is 3.32. The first-order chi connectivity index (χ1) is 13.1. The molecule has 3 aromatic carbocycles. The predicted octanol–water partition coefficient (Wildman–Crippen LogP) is 5.48. The molecule has 0 saturated carbocycles. The van der Waals surface area contributed by atoms with Crippen molar-refractivity contribution in [1.82, 2.24) is 0 Å². The van der Waals surface area contributed by atoms with Crippen LogP contribution < -0.4 is 4.90 Å². The monoisotopic (exact) mass is 372 g/mol. The van der Waals surface area contributed by atoms with E-state index in [-0.39, 0.29) is 5.91 Å². The molecule has 4 heteroatoms. The highest BCUT2D eigenvalue weighted by Gasteiger charge is 2.33. The van der Waals surface area contributed by atoms with Gasteiger partial charge in [-0.1, -0.05) is 72.3 Å². The second-order valence-electron chi connectivity index (χ2n) is 6.31. The lowest BCUT2D eigenvalue weighted by atomic mass is 10.1. The molecule has 0 atom stereocenters. The van der Waals surface area contributed by atoms with Crippen LogP contribution in [-0.4, -0.2) is 11.7 Å². The number of amidine groups is 1. The van der Waals surface area contributed by atoms with Gasteiger partial charge in [0.15, 0.2) is 0 Å². The summed E-state index contributed by atoms with van der Waals surface area (Å²) >= 11 is 6.10. The average Bonchev–Trinajstić information content (AvgIpc) is 3.00. The third-order valence-corrected chi connectivity index (χ3v) is 4.63. The minimum Gasteiger partial charge on any atom is -0.266 e. The quantitative estimate of drug-likeness (QED) is 0.560.